The lowest BCUT2D eigenvalue weighted by molar-refractivity contribution is 0.0959. The quantitative estimate of drug-likeness (QED) is 0.538. The van der Waals surface area contributed by atoms with Crippen LogP contribution in [0.3, 0.4) is 0 Å². The third-order valence-corrected chi connectivity index (χ3v) is 7.56. The van der Waals surface area contributed by atoms with E-state index >= 15 is 0 Å². The molecule has 9 rings (SSSR count). The zero-order chi connectivity index (χ0) is 20.2. The SMILES string of the molecule is COc1ccc2c(c1)[C@H]1CCc3c4ccc(c3[C@H]1C2=O)CCc1ccc(cc1)CC4. The predicted octanol–water partition coefficient (Wildman–Crippen LogP) is 5.59. The summed E-state index contributed by atoms with van der Waals surface area (Å²) in [6, 6.07) is 19.8. The maximum atomic E-state index is 13.6. The number of aryl methyl sites for hydroxylation is 4. The van der Waals surface area contributed by atoms with Crippen molar-refractivity contribution in [2.75, 3.05) is 7.11 Å². The van der Waals surface area contributed by atoms with Crippen LogP contribution in [0.2, 0.25) is 0 Å². The lowest BCUT2D eigenvalue weighted by Gasteiger charge is -2.32. The fraction of sp³-hybridized carbons (Fsp3) is 0.321. The lowest BCUT2D eigenvalue weighted by atomic mass is 9.71. The standard InChI is InChI=1S/C28H26O2/c1-30-21-12-13-24-25(16-21)23-15-14-22-19-8-6-17-2-4-18(5-3-17)7-9-20(11-10-19)26(22)27(23)28(24)29/h2-5,10-13,16,23,27H,6-9,14-15H2,1H3/t23-,27+/m1/s1. The van der Waals surface area contributed by atoms with Crippen LogP contribution in [0.25, 0.3) is 0 Å². The number of ether oxygens (including phenoxy) is 1. The third-order valence-electron chi connectivity index (χ3n) is 7.56. The molecular weight excluding hydrogens is 368 g/mol. The summed E-state index contributed by atoms with van der Waals surface area (Å²) < 4.78 is 5.47. The Morgan fingerprint density at radius 1 is 0.800 bits per heavy atom. The molecule has 2 heteroatoms. The highest BCUT2D eigenvalue weighted by molar-refractivity contribution is 6.07. The van der Waals surface area contributed by atoms with Crippen LogP contribution in [0.4, 0.5) is 0 Å². The zero-order valence-electron chi connectivity index (χ0n) is 17.4. The van der Waals surface area contributed by atoms with E-state index in [-0.39, 0.29) is 11.8 Å². The Kier molecular flexibility index (Phi) is 4.09. The monoisotopic (exact) mass is 394 g/mol. The van der Waals surface area contributed by atoms with E-state index in [2.05, 4.69) is 42.5 Å². The van der Waals surface area contributed by atoms with E-state index in [0.717, 1.165) is 49.8 Å². The summed E-state index contributed by atoms with van der Waals surface area (Å²) in [6.07, 6.45) is 6.26. The number of fused-ring (bicyclic) bond motifs is 3. The largest absolute Gasteiger partial charge is 0.497 e. The van der Waals surface area contributed by atoms with Crippen LogP contribution in [-0.4, -0.2) is 12.9 Å². The van der Waals surface area contributed by atoms with Gasteiger partial charge in [-0.05, 0) is 102 Å². The number of hydrogen-bond acceptors (Lipinski definition) is 2. The Bertz CT molecular complexity index is 1160. The van der Waals surface area contributed by atoms with E-state index in [4.69, 9.17) is 4.74 Å². The normalized spacial score (nSPS) is 21.4. The van der Waals surface area contributed by atoms with Crippen molar-refractivity contribution in [2.24, 2.45) is 0 Å². The van der Waals surface area contributed by atoms with Crippen LogP contribution in [0.1, 0.15) is 67.6 Å². The zero-order valence-corrected chi connectivity index (χ0v) is 17.4. The van der Waals surface area contributed by atoms with E-state index in [0.29, 0.717) is 5.78 Å². The van der Waals surface area contributed by atoms with Crippen LogP contribution in [0.5, 0.6) is 5.75 Å². The van der Waals surface area contributed by atoms with Crippen molar-refractivity contribution in [3.63, 3.8) is 0 Å². The average Bonchev–Trinajstić information content (AvgIpc) is 3.07. The van der Waals surface area contributed by atoms with E-state index in [9.17, 15) is 4.79 Å². The highest BCUT2D eigenvalue weighted by Gasteiger charge is 2.45. The lowest BCUT2D eigenvalue weighted by Crippen LogP contribution is -2.23. The van der Waals surface area contributed by atoms with Gasteiger partial charge in [-0.2, -0.15) is 0 Å². The molecule has 2 nitrogen and oxygen atoms in total. The second-order valence-corrected chi connectivity index (χ2v) is 9.03. The molecule has 150 valence electrons. The number of ketones is 1. The molecule has 3 aromatic rings. The maximum Gasteiger partial charge on any atom is 0.171 e. The average molecular weight is 395 g/mol. The topological polar surface area (TPSA) is 26.3 Å². The third kappa shape index (κ3) is 2.66. The van der Waals surface area contributed by atoms with E-state index in [1.807, 2.05) is 12.1 Å². The first-order valence-electron chi connectivity index (χ1n) is 11.2. The van der Waals surface area contributed by atoms with Gasteiger partial charge >= 0.3 is 0 Å². The van der Waals surface area contributed by atoms with Gasteiger partial charge in [0.2, 0.25) is 0 Å². The Hall–Kier alpha value is -2.87. The Balaban J connectivity index is 1.49. The van der Waals surface area contributed by atoms with Gasteiger partial charge in [0.05, 0.1) is 13.0 Å². The Labute approximate surface area is 177 Å². The predicted molar refractivity (Wildman–Crippen MR) is 119 cm³/mol. The van der Waals surface area contributed by atoms with Crippen molar-refractivity contribution >= 4 is 5.78 Å². The van der Waals surface area contributed by atoms with Crippen LogP contribution >= 0.6 is 0 Å². The molecule has 4 bridgehead atoms. The van der Waals surface area contributed by atoms with Gasteiger partial charge in [-0.1, -0.05) is 36.4 Å². The summed E-state index contributed by atoms with van der Waals surface area (Å²) in [5, 5.41) is 0. The number of methoxy groups -OCH3 is 1. The summed E-state index contributed by atoms with van der Waals surface area (Å²) in [7, 11) is 1.70. The Morgan fingerprint density at radius 3 is 2.23 bits per heavy atom. The minimum atomic E-state index is -0.0188. The number of carbonyl (C=O) groups excluding carboxylic acids is 1. The number of hydrogen-bond donors (Lipinski definition) is 0. The molecule has 2 atom stereocenters. The van der Waals surface area contributed by atoms with Crippen molar-refractivity contribution in [2.45, 2.75) is 50.4 Å². The minimum Gasteiger partial charge on any atom is -0.497 e. The maximum absolute atomic E-state index is 13.6. The molecule has 0 saturated heterocycles. The molecule has 3 aromatic carbocycles. The van der Waals surface area contributed by atoms with Gasteiger partial charge < -0.3 is 4.74 Å². The first-order chi connectivity index (χ1) is 14.7. The molecule has 6 aliphatic carbocycles. The van der Waals surface area contributed by atoms with Crippen LogP contribution < -0.4 is 4.74 Å². The second-order valence-electron chi connectivity index (χ2n) is 9.03. The number of rotatable bonds is 1. The molecular formula is C28H26O2. The minimum absolute atomic E-state index is 0.0188. The molecule has 30 heavy (non-hydrogen) atoms. The van der Waals surface area contributed by atoms with Gasteiger partial charge in [-0.25, -0.2) is 0 Å². The summed E-state index contributed by atoms with van der Waals surface area (Å²) in [5.74, 6) is 1.43. The van der Waals surface area contributed by atoms with Gasteiger partial charge in [0.1, 0.15) is 5.75 Å². The van der Waals surface area contributed by atoms with Gasteiger partial charge in [-0.3, -0.25) is 4.79 Å². The molecule has 0 amide bonds. The molecule has 0 aromatic heterocycles. The summed E-state index contributed by atoms with van der Waals surface area (Å²) in [5.41, 5.74) is 10.5. The highest BCUT2D eigenvalue weighted by atomic mass is 16.5. The van der Waals surface area contributed by atoms with Crippen LogP contribution in [0.15, 0.2) is 54.6 Å². The number of carbonyl (C=O) groups is 1. The van der Waals surface area contributed by atoms with Gasteiger partial charge in [0.15, 0.2) is 5.78 Å². The molecule has 6 aliphatic rings. The molecule has 0 aliphatic heterocycles. The van der Waals surface area contributed by atoms with Crippen molar-refractivity contribution in [3.8, 4) is 5.75 Å². The van der Waals surface area contributed by atoms with Crippen LogP contribution in [0, 0.1) is 0 Å². The molecule has 0 unspecified atom stereocenters. The number of benzene rings is 3. The second kappa shape index (κ2) is 6.84. The van der Waals surface area contributed by atoms with Crippen molar-refractivity contribution < 1.29 is 9.53 Å². The molecule has 0 fully saturated rings. The molecule has 0 spiro atoms. The fourth-order valence-corrected chi connectivity index (χ4v) is 6.01. The fourth-order valence-electron chi connectivity index (χ4n) is 6.01. The molecule has 0 heterocycles. The van der Waals surface area contributed by atoms with Crippen molar-refractivity contribution in [3.05, 3.63) is 99.1 Å². The highest BCUT2D eigenvalue weighted by Crippen LogP contribution is 2.52. The molecule has 0 radical (unpaired) electrons. The van der Waals surface area contributed by atoms with Gasteiger partial charge in [-0.15, -0.1) is 0 Å². The van der Waals surface area contributed by atoms with Gasteiger partial charge in [0.25, 0.3) is 0 Å². The molecule has 0 N–H and O–H groups in total. The first kappa shape index (κ1) is 17.9. The van der Waals surface area contributed by atoms with E-state index < -0.39 is 0 Å². The first-order valence-corrected chi connectivity index (χ1v) is 11.2. The van der Waals surface area contributed by atoms with Gasteiger partial charge in [0, 0.05) is 5.56 Å². The molecule has 0 saturated carbocycles. The Morgan fingerprint density at radius 2 is 1.50 bits per heavy atom. The van der Waals surface area contributed by atoms with E-state index in [1.165, 1.54) is 38.9 Å². The number of Topliss-reactive ketones (excluding diaryl/α,β-unsaturated/α-hetero) is 1. The summed E-state index contributed by atoms with van der Waals surface area (Å²) >= 11 is 0. The van der Waals surface area contributed by atoms with Crippen LogP contribution in [-0.2, 0) is 32.1 Å². The smallest absolute Gasteiger partial charge is 0.171 e. The summed E-state index contributed by atoms with van der Waals surface area (Å²) in [6.45, 7) is 0. The summed E-state index contributed by atoms with van der Waals surface area (Å²) in [4.78, 5) is 13.6. The van der Waals surface area contributed by atoms with Crippen molar-refractivity contribution in [1.82, 2.24) is 0 Å². The van der Waals surface area contributed by atoms with Crippen molar-refractivity contribution in [1.29, 1.82) is 0 Å². The van der Waals surface area contributed by atoms with E-state index in [1.54, 1.807) is 7.11 Å².